The Morgan fingerprint density at radius 2 is 2.26 bits per heavy atom. The number of hydrogen-bond donors (Lipinski definition) is 2. The van der Waals surface area contributed by atoms with Crippen molar-refractivity contribution in [3.05, 3.63) is 48.6 Å². The van der Waals surface area contributed by atoms with Crippen molar-refractivity contribution in [2.75, 3.05) is 24.5 Å². The zero-order chi connectivity index (χ0) is 18.2. The monoisotopic (exact) mass is 483 g/mol. The van der Waals surface area contributed by atoms with Crippen molar-refractivity contribution in [1.82, 2.24) is 15.6 Å². The molecule has 0 aliphatic carbocycles. The number of furan rings is 1. The molecule has 0 radical (unpaired) electrons. The lowest BCUT2D eigenvalue weighted by Gasteiger charge is -2.21. The summed E-state index contributed by atoms with van der Waals surface area (Å²) >= 11 is 0. The first-order valence-electron chi connectivity index (χ1n) is 9.50. The largest absolute Gasteiger partial charge is 0.469 e. The van der Waals surface area contributed by atoms with Crippen LogP contribution in [0.3, 0.4) is 0 Å². The van der Waals surface area contributed by atoms with E-state index in [4.69, 9.17) is 9.41 Å². The topological polar surface area (TPSA) is 65.7 Å². The van der Waals surface area contributed by atoms with Crippen LogP contribution >= 0.6 is 24.0 Å². The van der Waals surface area contributed by atoms with Gasteiger partial charge in [0.2, 0.25) is 0 Å². The zero-order valence-electron chi connectivity index (χ0n) is 16.1. The molecule has 2 unspecified atom stereocenters. The quantitative estimate of drug-likeness (QED) is 0.359. The molecular weight excluding hydrogens is 453 g/mol. The average molecular weight is 483 g/mol. The number of hydrogen-bond acceptors (Lipinski definition) is 4. The Morgan fingerprint density at radius 1 is 1.37 bits per heavy atom. The molecule has 6 nitrogen and oxygen atoms in total. The molecule has 3 rings (SSSR count). The summed E-state index contributed by atoms with van der Waals surface area (Å²) in [5, 5.41) is 7.10. The summed E-state index contributed by atoms with van der Waals surface area (Å²) in [4.78, 5) is 11.5. The Bertz CT molecular complexity index is 677. The van der Waals surface area contributed by atoms with Crippen molar-refractivity contribution in [2.45, 2.75) is 45.2 Å². The molecule has 0 bridgehead atoms. The molecule has 0 saturated carbocycles. The van der Waals surface area contributed by atoms with Gasteiger partial charge in [-0.3, -0.25) is 4.99 Å². The SMILES string of the molecule is CCC(C)NC(=NCCc1ccco1)NC1CCN(c2ccccn2)C1.I. The van der Waals surface area contributed by atoms with E-state index in [0.29, 0.717) is 18.6 Å². The fourth-order valence-electron chi connectivity index (χ4n) is 3.02. The number of rotatable bonds is 7. The van der Waals surface area contributed by atoms with Gasteiger partial charge in [0.05, 0.1) is 6.26 Å². The lowest BCUT2D eigenvalue weighted by molar-refractivity contribution is 0.510. The van der Waals surface area contributed by atoms with E-state index in [0.717, 1.165) is 49.9 Å². The fourth-order valence-corrected chi connectivity index (χ4v) is 3.02. The van der Waals surface area contributed by atoms with Gasteiger partial charge in [-0.15, -0.1) is 24.0 Å². The van der Waals surface area contributed by atoms with E-state index in [1.807, 2.05) is 30.5 Å². The molecular formula is C20H30IN5O. The molecule has 27 heavy (non-hydrogen) atoms. The van der Waals surface area contributed by atoms with Crippen LogP contribution in [0.4, 0.5) is 5.82 Å². The predicted molar refractivity (Wildman–Crippen MR) is 121 cm³/mol. The van der Waals surface area contributed by atoms with E-state index in [1.165, 1.54) is 0 Å². The van der Waals surface area contributed by atoms with Gasteiger partial charge < -0.3 is 20.0 Å². The highest BCUT2D eigenvalue weighted by Crippen LogP contribution is 2.17. The molecule has 2 atom stereocenters. The molecule has 1 aliphatic rings. The number of nitrogens with one attached hydrogen (secondary N) is 2. The molecule has 2 aromatic rings. The number of guanidine groups is 1. The molecule has 1 fully saturated rings. The van der Waals surface area contributed by atoms with Gasteiger partial charge in [-0.25, -0.2) is 4.98 Å². The highest BCUT2D eigenvalue weighted by molar-refractivity contribution is 14.0. The van der Waals surface area contributed by atoms with Crippen LogP contribution in [0.15, 0.2) is 52.2 Å². The number of anilines is 1. The minimum absolute atomic E-state index is 0. The van der Waals surface area contributed by atoms with Crippen LogP contribution in [0.2, 0.25) is 0 Å². The second kappa shape index (κ2) is 11.2. The Hall–Kier alpha value is -1.77. The summed E-state index contributed by atoms with van der Waals surface area (Å²) in [5.74, 6) is 2.90. The average Bonchev–Trinajstić information content (AvgIpc) is 3.34. The van der Waals surface area contributed by atoms with Gasteiger partial charge in [0.1, 0.15) is 11.6 Å². The summed E-state index contributed by atoms with van der Waals surface area (Å²) in [6.45, 7) is 7.01. The second-order valence-corrected chi connectivity index (χ2v) is 6.78. The first kappa shape index (κ1) is 21.5. The summed E-state index contributed by atoms with van der Waals surface area (Å²) in [6.07, 6.45) is 6.51. The number of aromatic nitrogens is 1. The maximum absolute atomic E-state index is 5.39. The Balaban J connectivity index is 0.00000261. The van der Waals surface area contributed by atoms with Crippen LogP contribution in [0, 0.1) is 0 Å². The van der Waals surface area contributed by atoms with Gasteiger partial charge in [0.25, 0.3) is 0 Å². The molecule has 1 aliphatic heterocycles. The number of aliphatic imine (C=N–C) groups is 1. The van der Waals surface area contributed by atoms with Crippen molar-refractivity contribution in [2.24, 2.45) is 4.99 Å². The molecule has 0 spiro atoms. The van der Waals surface area contributed by atoms with Gasteiger partial charge in [0.15, 0.2) is 5.96 Å². The maximum atomic E-state index is 5.39. The zero-order valence-corrected chi connectivity index (χ0v) is 18.4. The first-order chi connectivity index (χ1) is 12.7. The summed E-state index contributed by atoms with van der Waals surface area (Å²) < 4.78 is 5.39. The van der Waals surface area contributed by atoms with Gasteiger partial charge >= 0.3 is 0 Å². The van der Waals surface area contributed by atoms with E-state index in [2.05, 4.69) is 40.4 Å². The summed E-state index contributed by atoms with van der Waals surface area (Å²) in [5.41, 5.74) is 0. The van der Waals surface area contributed by atoms with E-state index in [9.17, 15) is 0 Å². The minimum Gasteiger partial charge on any atom is -0.469 e. The predicted octanol–water partition coefficient (Wildman–Crippen LogP) is 3.45. The Morgan fingerprint density at radius 3 is 2.96 bits per heavy atom. The van der Waals surface area contributed by atoms with E-state index < -0.39 is 0 Å². The number of halogens is 1. The standard InChI is InChI=1S/C20H29N5O.HI/c1-3-16(2)23-20(22-12-9-18-7-6-14-26-18)24-17-10-13-25(15-17)19-8-4-5-11-21-19;/h4-8,11,14,16-17H,3,9-10,12-13,15H2,1-2H3,(H2,22,23,24);1H. The second-order valence-electron chi connectivity index (χ2n) is 6.78. The van der Waals surface area contributed by atoms with Crippen molar-refractivity contribution in [1.29, 1.82) is 0 Å². The number of pyridine rings is 1. The van der Waals surface area contributed by atoms with Gasteiger partial charge in [-0.05, 0) is 44.0 Å². The highest BCUT2D eigenvalue weighted by atomic mass is 127. The van der Waals surface area contributed by atoms with E-state index >= 15 is 0 Å². The van der Waals surface area contributed by atoms with Crippen LogP contribution in [0.5, 0.6) is 0 Å². The third-order valence-corrected chi connectivity index (χ3v) is 4.71. The van der Waals surface area contributed by atoms with Crippen molar-refractivity contribution in [3.63, 3.8) is 0 Å². The normalized spacial score (nSPS) is 18.1. The number of nitrogens with zero attached hydrogens (tertiary/aromatic N) is 3. The molecule has 2 aromatic heterocycles. The molecule has 7 heteroatoms. The van der Waals surface area contributed by atoms with Crippen LogP contribution < -0.4 is 15.5 Å². The van der Waals surface area contributed by atoms with E-state index in [-0.39, 0.29) is 24.0 Å². The summed E-state index contributed by atoms with van der Waals surface area (Å²) in [6, 6.07) is 10.7. The Kier molecular flexibility index (Phi) is 8.90. The van der Waals surface area contributed by atoms with Crippen LogP contribution in [0.1, 0.15) is 32.4 Å². The van der Waals surface area contributed by atoms with Gasteiger partial charge in [-0.1, -0.05) is 13.0 Å². The highest BCUT2D eigenvalue weighted by Gasteiger charge is 2.24. The lowest BCUT2D eigenvalue weighted by atomic mass is 10.2. The van der Waals surface area contributed by atoms with Crippen molar-refractivity contribution >= 4 is 35.8 Å². The third-order valence-electron chi connectivity index (χ3n) is 4.71. The first-order valence-corrected chi connectivity index (χ1v) is 9.50. The lowest BCUT2D eigenvalue weighted by Crippen LogP contribution is -2.47. The molecule has 1 saturated heterocycles. The van der Waals surface area contributed by atoms with Crippen molar-refractivity contribution < 1.29 is 4.42 Å². The fraction of sp³-hybridized carbons (Fsp3) is 0.500. The van der Waals surface area contributed by atoms with Crippen LogP contribution in [0.25, 0.3) is 0 Å². The third kappa shape index (κ3) is 6.71. The van der Waals surface area contributed by atoms with Gasteiger partial charge in [-0.2, -0.15) is 0 Å². The van der Waals surface area contributed by atoms with E-state index in [1.54, 1.807) is 6.26 Å². The van der Waals surface area contributed by atoms with Crippen molar-refractivity contribution in [3.8, 4) is 0 Å². The van der Waals surface area contributed by atoms with Crippen LogP contribution in [-0.2, 0) is 6.42 Å². The van der Waals surface area contributed by atoms with Crippen LogP contribution in [-0.4, -0.2) is 42.7 Å². The smallest absolute Gasteiger partial charge is 0.191 e. The Labute approximate surface area is 178 Å². The minimum atomic E-state index is 0. The molecule has 3 heterocycles. The summed E-state index contributed by atoms with van der Waals surface area (Å²) in [7, 11) is 0. The molecule has 0 amide bonds. The molecule has 2 N–H and O–H groups in total. The molecule has 0 aromatic carbocycles. The maximum Gasteiger partial charge on any atom is 0.191 e. The molecule has 148 valence electrons. The van der Waals surface area contributed by atoms with Gasteiger partial charge in [0, 0.05) is 44.3 Å².